The fourth-order valence-electron chi connectivity index (χ4n) is 2.27. The minimum Gasteiger partial charge on any atom is -0.364 e. The van der Waals surface area contributed by atoms with E-state index in [-0.39, 0.29) is 5.69 Å². The quantitative estimate of drug-likeness (QED) is 0.804. The maximum atomic E-state index is 11.5. The average molecular weight is 309 g/mol. The average Bonchev–Trinajstić information content (AvgIpc) is 2.90. The van der Waals surface area contributed by atoms with Gasteiger partial charge in [-0.3, -0.25) is 9.78 Å². The summed E-state index contributed by atoms with van der Waals surface area (Å²) in [4.78, 5) is 21.4. The first kappa shape index (κ1) is 14.4. The van der Waals surface area contributed by atoms with Gasteiger partial charge < -0.3 is 5.73 Å². The SMILES string of the molecule is Cc1ccc(-c2nc(-c3cccnc3C(N)=O)sc2C)cc1. The molecular weight excluding hydrogens is 294 g/mol. The van der Waals surface area contributed by atoms with Crippen LogP contribution in [0.15, 0.2) is 42.6 Å². The molecule has 22 heavy (non-hydrogen) atoms. The highest BCUT2D eigenvalue weighted by atomic mass is 32.1. The maximum absolute atomic E-state index is 11.5. The summed E-state index contributed by atoms with van der Waals surface area (Å²) in [5.41, 5.74) is 9.54. The van der Waals surface area contributed by atoms with Crippen LogP contribution in [0.3, 0.4) is 0 Å². The van der Waals surface area contributed by atoms with E-state index in [1.165, 1.54) is 16.9 Å². The molecule has 0 aliphatic rings. The number of hydrogen-bond acceptors (Lipinski definition) is 4. The van der Waals surface area contributed by atoms with Gasteiger partial charge in [0, 0.05) is 22.2 Å². The second kappa shape index (κ2) is 5.69. The Hall–Kier alpha value is -2.53. The first-order valence-electron chi connectivity index (χ1n) is 6.86. The first-order valence-corrected chi connectivity index (χ1v) is 7.67. The number of carbonyl (C=O) groups excluding carboxylic acids is 1. The molecule has 0 spiro atoms. The van der Waals surface area contributed by atoms with Crippen molar-refractivity contribution in [3.05, 3.63) is 58.7 Å². The van der Waals surface area contributed by atoms with Gasteiger partial charge in [-0.1, -0.05) is 29.8 Å². The van der Waals surface area contributed by atoms with E-state index in [4.69, 9.17) is 10.7 Å². The number of aromatic nitrogens is 2. The lowest BCUT2D eigenvalue weighted by atomic mass is 10.1. The molecule has 3 rings (SSSR count). The van der Waals surface area contributed by atoms with Crippen LogP contribution in [0.25, 0.3) is 21.8 Å². The summed E-state index contributed by atoms with van der Waals surface area (Å²) in [6, 6.07) is 11.8. The van der Waals surface area contributed by atoms with Crippen molar-refractivity contribution in [2.75, 3.05) is 0 Å². The molecule has 2 N–H and O–H groups in total. The minimum absolute atomic E-state index is 0.256. The van der Waals surface area contributed by atoms with Crippen molar-refractivity contribution in [3.8, 4) is 21.8 Å². The Balaban J connectivity index is 2.10. The van der Waals surface area contributed by atoms with Gasteiger partial charge >= 0.3 is 0 Å². The standard InChI is InChI=1S/C17H15N3OS/c1-10-5-7-12(8-6-10)14-11(2)22-17(20-14)13-4-3-9-19-15(13)16(18)21/h3-9H,1-2H3,(H2,18,21). The van der Waals surface area contributed by atoms with Crippen LogP contribution in [0, 0.1) is 13.8 Å². The van der Waals surface area contributed by atoms with Crippen molar-refractivity contribution in [1.82, 2.24) is 9.97 Å². The largest absolute Gasteiger partial charge is 0.364 e. The topological polar surface area (TPSA) is 68.9 Å². The number of aryl methyl sites for hydroxylation is 2. The molecule has 1 aromatic carbocycles. The molecule has 2 aromatic heterocycles. The Morgan fingerprint density at radius 3 is 2.55 bits per heavy atom. The third-order valence-electron chi connectivity index (χ3n) is 3.39. The van der Waals surface area contributed by atoms with E-state index in [0.29, 0.717) is 5.56 Å². The Morgan fingerprint density at radius 1 is 1.14 bits per heavy atom. The minimum atomic E-state index is -0.541. The molecule has 0 bridgehead atoms. The van der Waals surface area contributed by atoms with E-state index >= 15 is 0 Å². The van der Waals surface area contributed by atoms with E-state index in [2.05, 4.69) is 36.2 Å². The third kappa shape index (κ3) is 2.63. The van der Waals surface area contributed by atoms with E-state index in [0.717, 1.165) is 21.1 Å². The highest BCUT2D eigenvalue weighted by Crippen LogP contribution is 2.34. The van der Waals surface area contributed by atoms with Crippen LogP contribution in [-0.4, -0.2) is 15.9 Å². The zero-order valence-corrected chi connectivity index (χ0v) is 13.1. The van der Waals surface area contributed by atoms with Crippen molar-refractivity contribution in [2.45, 2.75) is 13.8 Å². The van der Waals surface area contributed by atoms with Crippen molar-refractivity contribution >= 4 is 17.2 Å². The number of hydrogen-bond donors (Lipinski definition) is 1. The van der Waals surface area contributed by atoms with Crippen LogP contribution < -0.4 is 5.73 Å². The highest BCUT2D eigenvalue weighted by Gasteiger charge is 2.16. The lowest BCUT2D eigenvalue weighted by molar-refractivity contribution is 0.0996. The summed E-state index contributed by atoms with van der Waals surface area (Å²) in [5, 5.41) is 0.759. The number of pyridine rings is 1. The second-order valence-electron chi connectivity index (χ2n) is 5.05. The first-order chi connectivity index (χ1) is 10.6. The van der Waals surface area contributed by atoms with Gasteiger partial charge in [0.05, 0.1) is 5.69 Å². The number of benzene rings is 1. The number of nitrogens with zero attached hydrogens (tertiary/aromatic N) is 2. The predicted octanol–water partition coefficient (Wildman–Crippen LogP) is 3.59. The smallest absolute Gasteiger partial charge is 0.268 e. The molecule has 0 atom stereocenters. The molecule has 110 valence electrons. The summed E-state index contributed by atoms with van der Waals surface area (Å²) >= 11 is 1.54. The predicted molar refractivity (Wildman–Crippen MR) is 88.8 cm³/mol. The lowest BCUT2D eigenvalue weighted by Gasteiger charge is -2.01. The fraction of sp³-hybridized carbons (Fsp3) is 0.118. The molecular formula is C17H15N3OS. The van der Waals surface area contributed by atoms with Crippen LogP contribution in [0.2, 0.25) is 0 Å². The molecule has 0 saturated carbocycles. The van der Waals surface area contributed by atoms with Gasteiger partial charge in [0.1, 0.15) is 10.7 Å². The molecule has 0 unspecified atom stereocenters. The van der Waals surface area contributed by atoms with Crippen molar-refractivity contribution in [2.24, 2.45) is 5.73 Å². The van der Waals surface area contributed by atoms with Crippen molar-refractivity contribution in [3.63, 3.8) is 0 Å². The molecule has 4 nitrogen and oxygen atoms in total. The number of nitrogens with two attached hydrogens (primary N) is 1. The van der Waals surface area contributed by atoms with E-state index in [9.17, 15) is 4.79 Å². The second-order valence-corrected chi connectivity index (χ2v) is 6.26. The van der Waals surface area contributed by atoms with Crippen LogP contribution in [-0.2, 0) is 0 Å². The number of carbonyl (C=O) groups is 1. The summed E-state index contributed by atoms with van der Waals surface area (Å²) in [5.74, 6) is -0.541. The van der Waals surface area contributed by atoms with Gasteiger partial charge in [0.25, 0.3) is 5.91 Å². The summed E-state index contributed by atoms with van der Waals surface area (Å²) < 4.78 is 0. The molecule has 0 radical (unpaired) electrons. The summed E-state index contributed by atoms with van der Waals surface area (Å²) in [6.45, 7) is 4.08. The van der Waals surface area contributed by atoms with Gasteiger partial charge in [-0.15, -0.1) is 11.3 Å². The number of primary amides is 1. The van der Waals surface area contributed by atoms with Gasteiger partial charge in [-0.2, -0.15) is 0 Å². The molecule has 0 aliphatic carbocycles. The Morgan fingerprint density at radius 2 is 1.86 bits per heavy atom. The normalized spacial score (nSPS) is 10.6. The molecule has 5 heteroatoms. The van der Waals surface area contributed by atoms with Crippen molar-refractivity contribution < 1.29 is 4.79 Å². The molecule has 3 aromatic rings. The van der Waals surface area contributed by atoms with Gasteiger partial charge in [0.15, 0.2) is 0 Å². The highest BCUT2D eigenvalue weighted by molar-refractivity contribution is 7.15. The molecule has 1 amide bonds. The van der Waals surface area contributed by atoms with Crippen LogP contribution in [0.4, 0.5) is 0 Å². The molecule has 0 aliphatic heterocycles. The van der Waals surface area contributed by atoms with E-state index < -0.39 is 5.91 Å². The fourth-order valence-corrected chi connectivity index (χ4v) is 3.23. The molecule has 0 saturated heterocycles. The maximum Gasteiger partial charge on any atom is 0.268 e. The van der Waals surface area contributed by atoms with Gasteiger partial charge in [0.2, 0.25) is 0 Å². The number of amides is 1. The summed E-state index contributed by atoms with van der Waals surface area (Å²) in [7, 11) is 0. The monoisotopic (exact) mass is 309 g/mol. The van der Waals surface area contributed by atoms with Gasteiger partial charge in [-0.25, -0.2) is 4.98 Å². The van der Waals surface area contributed by atoms with Crippen LogP contribution in [0.5, 0.6) is 0 Å². The third-order valence-corrected chi connectivity index (χ3v) is 4.40. The molecule has 2 heterocycles. The van der Waals surface area contributed by atoms with Crippen molar-refractivity contribution in [1.29, 1.82) is 0 Å². The molecule has 0 fully saturated rings. The Labute approximate surface area is 132 Å². The van der Waals surface area contributed by atoms with E-state index in [1.54, 1.807) is 12.3 Å². The van der Waals surface area contributed by atoms with E-state index in [1.807, 2.05) is 13.0 Å². The van der Waals surface area contributed by atoms with Crippen LogP contribution >= 0.6 is 11.3 Å². The number of thiazole rings is 1. The Kier molecular flexibility index (Phi) is 3.73. The zero-order valence-electron chi connectivity index (χ0n) is 12.3. The zero-order chi connectivity index (χ0) is 15.7. The van der Waals surface area contributed by atoms with Crippen LogP contribution in [0.1, 0.15) is 20.9 Å². The van der Waals surface area contributed by atoms with Gasteiger partial charge in [-0.05, 0) is 26.0 Å². The summed E-state index contributed by atoms with van der Waals surface area (Å²) in [6.07, 6.45) is 1.56. The number of rotatable bonds is 3. The lowest BCUT2D eigenvalue weighted by Crippen LogP contribution is -2.14. The Bertz CT molecular complexity index is 837.